The smallest absolute Gasteiger partial charge is 0.433 e. The first-order chi connectivity index (χ1) is 19.7. The molecule has 3 aliphatic rings. The van der Waals surface area contributed by atoms with E-state index < -0.39 is 43.3 Å². The average molecular weight is 551 g/mol. The van der Waals surface area contributed by atoms with Crippen molar-refractivity contribution in [1.82, 2.24) is 19.6 Å². The zero-order valence-corrected chi connectivity index (χ0v) is 21.9. The second-order valence-electron chi connectivity index (χ2n) is 11.0. The topological polar surface area (TPSA) is 93.7 Å². The zero-order chi connectivity index (χ0) is 30.4. The molecule has 3 heterocycles. The number of likely N-dealkylation sites (tertiary alicyclic amines) is 2. The predicted octanol–water partition coefficient (Wildman–Crippen LogP) is 3.88. The Morgan fingerprint density at radius 3 is 2.51 bits per heavy atom. The number of halogens is 3. The van der Waals surface area contributed by atoms with Gasteiger partial charge in [-0.05, 0) is 87.2 Å². The number of nitrogens with two attached hydrogens (primary N) is 1. The number of benzene rings is 1. The van der Waals surface area contributed by atoms with Crippen molar-refractivity contribution in [2.75, 3.05) is 33.2 Å². The van der Waals surface area contributed by atoms with Gasteiger partial charge in [0.1, 0.15) is 18.0 Å². The second-order valence-corrected chi connectivity index (χ2v) is 11.0. The number of carbonyl (C=O) groups is 2. The molecule has 11 heteroatoms. The number of alkyl halides is 3. The fourth-order valence-corrected chi connectivity index (χ4v) is 6.39. The quantitative estimate of drug-likeness (QED) is 0.539. The van der Waals surface area contributed by atoms with Crippen LogP contribution in [-0.4, -0.2) is 64.6 Å². The van der Waals surface area contributed by atoms with Crippen LogP contribution in [-0.2, 0) is 22.3 Å². The summed E-state index contributed by atoms with van der Waals surface area (Å²) in [4.78, 5) is 28.9. The molecule has 2 atom stereocenters. The molecule has 0 radical (unpaired) electrons. The standard InChI is InChI=1S/C28H36F3N5O3/c1-17-20(4-3-5-23(17)39-2)27-21(18-8-11-34(12-9-18)15-25(32)37)10-13-35(27)26(38)16-36-24(28(29,30)31)14-22(33-36)19-6-7-19/h3-5,14,18-19,21,27H,6-13,15-16H2,1-2H3,(H2,32,37)/t21-,27+/m0/s1/i2D3. The lowest BCUT2D eigenvalue weighted by atomic mass is 9.77. The Kier molecular flexibility index (Phi) is 6.60. The van der Waals surface area contributed by atoms with Crippen LogP contribution in [0.5, 0.6) is 5.75 Å². The number of nitrogens with zero attached hydrogens (tertiary/aromatic N) is 4. The lowest BCUT2D eigenvalue weighted by Gasteiger charge is -2.38. The Labute approximate surface area is 230 Å². The first-order valence-electron chi connectivity index (χ1n) is 14.9. The van der Waals surface area contributed by atoms with Gasteiger partial charge in [0.25, 0.3) is 0 Å². The van der Waals surface area contributed by atoms with Gasteiger partial charge in [-0.25, -0.2) is 0 Å². The van der Waals surface area contributed by atoms with Crippen LogP contribution in [0, 0.1) is 18.8 Å². The largest absolute Gasteiger partial charge is 0.496 e. The van der Waals surface area contributed by atoms with Crippen molar-refractivity contribution < 1.29 is 31.6 Å². The monoisotopic (exact) mass is 550 g/mol. The van der Waals surface area contributed by atoms with Crippen LogP contribution in [0.3, 0.4) is 0 Å². The van der Waals surface area contributed by atoms with E-state index in [1.165, 1.54) is 0 Å². The minimum atomic E-state index is -4.65. The summed E-state index contributed by atoms with van der Waals surface area (Å²) in [5.41, 5.74) is 6.08. The van der Waals surface area contributed by atoms with E-state index in [2.05, 4.69) is 5.10 Å². The van der Waals surface area contributed by atoms with Crippen molar-refractivity contribution in [1.29, 1.82) is 0 Å². The Bertz CT molecular complexity index is 1320. The van der Waals surface area contributed by atoms with Crippen molar-refractivity contribution >= 4 is 11.8 Å². The van der Waals surface area contributed by atoms with Gasteiger partial charge in [-0.3, -0.25) is 19.2 Å². The maximum atomic E-state index is 13.9. The van der Waals surface area contributed by atoms with Crippen molar-refractivity contribution in [3.63, 3.8) is 0 Å². The Balaban J connectivity index is 1.45. The molecule has 2 aliphatic heterocycles. The summed E-state index contributed by atoms with van der Waals surface area (Å²) in [6.45, 7) is 3.04. The van der Waals surface area contributed by atoms with E-state index in [-0.39, 0.29) is 30.0 Å². The molecule has 1 aromatic heterocycles. The Morgan fingerprint density at radius 2 is 1.87 bits per heavy atom. The summed E-state index contributed by atoms with van der Waals surface area (Å²) in [5.74, 6) is -0.551. The number of methoxy groups -OCH3 is 1. The van der Waals surface area contributed by atoms with E-state index in [9.17, 15) is 22.8 Å². The van der Waals surface area contributed by atoms with E-state index in [1.807, 2.05) is 11.0 Å². The molecule has 2 N–H and O–H groups in total. The summed E-state index contributed by atoms with van der Waals surface area (Å²) in [6.07, 6.45) is -0.913. The highest BCUT2D eigenvalue weighted by Crippen LogP contribution is 2.47. The Hall–Kier alpha value is -3.08. The van der Waals surface area contributed by atoms with Crippen LogP contribution in [0.25, 0.3) is 0 Å². The lowest BCUT2D eigenvalue weighted by molar-refractivity contribution is -0.146. The minimum absolute atomic E-state index is 0.00425. The number of primary amides is 1. The van der Waals surface area contributed by atoms with Gasteiger partial charge in [0.15, 0.2) is 0 Å². The van der Waals surface area contributed by atoms with Gasteiger partial charge in [0.2, 0.25) is 11.8 Å². The van der Waals surface area contributed by atoms with Crippen LogP contribution in [0.1, 0.15) is 70.7 Å². The molecule has 0 unspecified atom stereocenters. The summed E-state index contributed by atoms with van der Waals surface area (Å²) in [7, 11) is -2.67. The number of piperidine rings is 1. The third-order valence-electron chi connectivity index (χ3n) is 8.51. The first kappa shape index (κ1) is 23.8. The van der Waals surface area contributed by atoms with Crippen LogP contribution in [0.15, 0.2) is 24.3 Å². The number of hydrogen-bond acceptors (Lipinski definition) is 5. The third-order valence-corrected chi connectivity index (χ3v) is 8.51. The highest BCUT2D eigenvalue weighted by Gasteiger charge is 2.44. The molecular formula is C28H36F3N5O3. The number of carbonyl (C=O) groups excluding carboxylic acids is 2. The molecule has 2 saturated heterocycles. The first-order valence-corrected chi connectivity index (χ1v) is 13.4. The number of aromatic nitrogens is 2. The SMILES string of the molecule is [2H]C([2H])([2H])Oc1cccc([C@@H]2[C@H](C3CCN(CC(N)=O)CC3)CCN2C(=O)Cn2nc(C3CC3)cc2C(F)(F)F)c1C. The van der Waals surface area contributed by atoms with Crippen LogP contribution in [0.4, 0.5) is 13.2 Å². The summed E-state index contributed by atoms with van der Waals surface area (Å²) in [6, 6.07) is 5.62. The molecule has 1 aromatic carbocycles. The van der Waals surface area contributed by atoms with Gasteiger partial charge in [0, 0.05) is 12.5 Å². The lowest BCUT2D eigenvalue weighted by Crippen LogP contribution is -2.42. The molecule has 39 heavy (non-hydrogen) atoms. The van der Waals surface area contributed by atoms with Gasteiger partial charge in [-0.15, -0.1) is 0 Å². The molecule has 1 saturated carbocycles. The van der Waals surface area contributed by atoms with Crippen molar-refractivity contribution in [2.45, 2.75) is 63.7 Å². The third kappa shape index (κ3) is 5.78. The van der Waals surface area contributed by atoms with Crippen LogP contribution >= 0.6 is 0 Å². The number of amides is 2. The molecule has 2 aromatic rings. The van der Waals surface area contributed by atoms with Crippen molar-refractivity contribution in [2.24, 2.45) is 17.6 Å². The van der Waals surface area contributed by atoms with Gasteiger partial charge in [-0.1, -0.05) is 12.1 Å². The van der Waals surface area contributed by atoms with E-state index in [0.717, 1.165) is 36.4 Å². The molecule has 3 fully saturated rings. The number of rotatable bonds is 8. The fourth-order valence-electron chi connectivity index (χ4n) is 6.39. The van der Waals surface area contributed by atoms with E-state index in [1.54, 1.807) is 24.0 Å². The molecule has 1 aliphatic carbocycles. The summed E-state index contributed by atoms with van der Waals surface area (Å²) in [5, 5.41) is 4.18. The zero-order valence-electron chi connectivity index (χ0n) is 24.9. The maximum absolute atomic E-state index is 13.9. The van der Waals surface area contributed by atoms with Gasteiger partial charge >= 0.3 is 6.18 Å². The summed E-state index contributed by atoms with van der Waals surface area (Å²) < 4.78 is 70.4. The normalized spacial score (nSPS) is 24.3. The number of ether oxygens (including phenoxy) is 1. The number of hydrogen-bond donors (Lipinski definition) is 1. The second kappa shape index (κ2) is 10.8. The van der Waals surface area contributed by atoms with Gasteiger partial charge < -0.3 is 15.4 Å². The molecule has 212 valence electrons. The van der Waals surface area contributed by atoms with Crippen LogP contribution < -0.4 is 10.5 Å². The Morgan fingerprint density at radius 1 is 1.13 bits per heavy atom. The highest BCUT2D eigenvalue weighted by atomic mass is 19.4. The van der Waals surface area contributed by atoms with Gasteiger partial charge in [-0.2, -0.15) is 18.3 Å². The predicted molar refractivity (Wildman–Crippen MR) is 138 cm³/mol. The molecule has 8 nitrogen and oxygen atoms in total. The summed E-state index contributed by atoms with van der Waals surface area (Å²) >= 11 is 0. The van der Waals surface area contributed by atoms with Crippen molar-refractivity contribution in [3.05, 3.63) is 46.8 Å². The van der Waals surface area contributed by atoms with E-state index in [0.29, 0.717) is 42.9 Å². The minimum Gasteiger partial charge on any atom is -0.496 e. The van der Waals surface area contributed by atoms with Crippen molar-refractivity contribution in [3.8, 4) is 5.75 Å². The van der Waals surface area contributed by atoms with E-state index in [4.69, 9.17) is 14.6 Å². The average Bonchev–Trinajstić information content (AvgIpc) is 3.49. The maximum Gasteiger partial charge on any atom is 0.433 e. The molecule has 0 spiro atoms. The highest BCUT2D eigenvalue weighted by molar-refractivity contribution is 5.77. The molecule has 0 bridgehead atoms. The fraction of sp³-hybridized carbons (Fsp3) is 0.607. The molecule has 2 amide bonds. The molecule has 5 rings (SSSR count). The van der Waals surface area contributed by atoms with Gasteiger partial charge in [0.05, 0.1) is 29.4 Å². The van der Waals surface area contributed by atoms with E-state index >= 15 is 0 Å². The molecular weight excluding hydrogens is 511 g/mol. The van der Waals surface area contributed by atoms with Crippen LogP contribution in [0.2, 0.25) is 0 Å².